The lowest BCUT2D eigenvalue weighted by Crippen LogP contribution is -2.37. The lowest BCUT2D eigenvalue weighted by molar-refractivity contribution is -0.193. The summed E-state index contributed by atoms with van der Waals surface area (Å²) in [5.41, 5.74) is 7.47. The summed E-state index contributed by atoms with van der Waals surface area (Å²) in [5.74, 6) is -4.63. The van der Waals surface area contributed by atoms with E-state index in [1.54, 1.807) is 0 Å². The zero-order chi connectivity index (χ0) is 27.5. The van der Waals surface area contributed by atoms with Crippen LogP contribution in [0, 0.1) is 0 Å². The Bertz CT molecular complexity index is 1010. The lowest BCUT2D eigenvalue weighted by atomic mass is 10.2. The molecule has 1 aliphatic rings. The third-order valence-electron chi connectivity index (χ3n) is 3.92. The maximum absolute atomic E-state index is 12.1. The topological polar surface area (TPSA) is 155 Å². The monoisotopic (exact) mass is 546 g/mol. The molecule has 0 aliphatic carbocycles. The van der Waals surface area contributed by atoms with Gasteiger partial charge in [0, 0.05) is 24.0 Å². The van der Waals surface area contributed by atoms with Gasteiger partial charge < -0.3 is 26.0 Å². The fourth-order valence-electron chi connectivity index (χ4n) is 2.37. The van der Waals surface area contributed by atoms with Crippen LogP contribution in [0.1, 0.15) is 11.3 Å². The van der Waals surface area contributed by atoms with Crippen molar-refractivity contribution in [3.63, 3.8) is 0 Å². The predicted molar refractivity (Wildman–Crippen MR) is 113 cm³/mol. The van der Waals surface area contributed by atoms with E-state index in [1.807, 2.05) is 29.6 Å². The van der Waals surface area contributed by atoms with E-state index in [4.69, 9.17) is 30.3 Å². The van der Waals surface area contributed by atoms with Crippen molar-refractivity contribution in [3.8, 4) is 5.75 Å². The molecule has 36 heavy (non-hydrogen) atoms. The highest BCUT2D eigenvalue weighted by molar-refractivity contribution is 7.13. The molecule has 0 fully saturated rings. The number of nitrogens with two attached hydrogens (primary N) is 1. The second-order valence-corrected chi connectivity index (χ2v) is 7.62. The van der Waals surface area contributed by atoms with E-state index in [2.05, 4.69) is 15.2 Å². The van der Waals surface area contributed by atoms with Crippen molar-refractivity contribution < 1.29 is 55.7 Å². The van der Waals surface area contributed by atoms with E-state index < -0.39 is 24.3 Å². The molecule has 1 amide bonds. The number of amides is 1. The molecule has 0 atom stereocenters. The molecule has 1 aromatic heterocycles. The minimum Gasteiger partial charge on any atom is -0.492 e. The first kappa shape index (κ1) is 30.4. The standard InChI is InChI=1S/C15H18N4O2S.2C2HF3O2/c16-15-18-12(10-22-15)7-17-14(20)9-19-5-6-21-13-4-2-1-3-11(13)8-19;2*3-2(4,5)1(6)7/h1-4,10H,5-9H2,(H2,16,18)(H,17,20);2*(H,6,7). The van der Waals surface area contributed by atoms with Gasteiger partial charge in [0.25, 0.3) is 0 Å². The number of thiazole rings is 1. The highest BCUT2D eigenvalue weighted by Gasteiger charge is 2.38. The third kappa shape index (κ3) is 11.7. The van der Waals surface area contributed by atoms with Gasteiger partial charge in [-0.25, -0.2) is 14.6 Å². The number of carbonyl (C=O) groups excluding carboxylic acids is 1. The van der Waals surface area contributed by atoms with Crippen LogP contribution in [0.15, 0.2) is 29.6 Å². The van der Waals surface area contributed by atoms with Crippen LogP contribution in [0.4, 0.5) is 31.5 Å². The summed E-state index contributed by atoms with van der Waals surface area (Å²) in [6.45, 7) is 2.79. The predicted octanol–water partition coefficient (Wildman–Crippen LogP) is 2.50. The zero-order valence-electron chi connectivity index (χ0n) is 18.1. The number of fused-ring (bicyclic) bond motifs is 1. The molecular weight excluding hydrogens is 526 g/mol. The summed E-state index contributed by atoms with van der Waals surface area (Å²) in [5, 5.41) is 19.5. The Hall–Kier alpha value is -3.60. The van der Waals surface area contributed by atoms with Crippen LogP contribution >= 0.6 is 11.3 Å². The first-order valence-electron chi connectivity index (χ1n) is 9.59. The van der Waals surface area contributed by atoms with Crippen molar-refractivity contribution in [2.24, 2.45) is 0 Å². The van der Waals surface area contributed by atoms with Crippen LogP contribution in [0.5, 0.6) is 5.75 Å². The highest BCUT2D eigenvalue weighted by Crippen LogP contribution is 2.22. The Morgan fingerprint density at radius 1 is 1.08 bits per heavy atom. The van der Waals surface area contributed by atoms with Crippen molar-refractivity contribution in [1.29, 1.82) is 0 Å². The molecule has 1 aliphatic heterocycles. The van der Waals surface area contributed by atoms with Crippen LogP contribution in [0.25, 0.3) is 0 Å². The number of ether oxygens (including phenoxy) is 1. The van der Waals surface area contributed by atoms with E-state index in [-0.39, 0.29) is 5.91 Å². The molecule has 3 rings (SSSR count). The SMILES string of the molecule is Nc1nc(CNC(=O)CN2CCOc3ccccc3C2)cs1.O=C(O)C(F)(F)F.O=C(O)C(F)(F)F. The second kappa shape index (κ2) is 13.5. The van der Waals surface area contributed by atoms with Gasteiger partial charge in [0.05, 0.1) is 18.8 Å². The fourth-order valence-corrected chi connectivity index (χ4v) is 2.93. The lowest BCUT2D eigenvalue weighted by Gasteiger charge is -2.18. The number of rotatable bonds is 4. The highest BCUT2D eigenvalue weighted by atomic mass is 32.1. The first-order valence-corrected chi connectivity index (χ1v) is 10.5. The zero-order valence-corrected chi connectivity index (χ0v) is 18.9. The number of carboxylic acids is 2. The number of benzene rings is 1. The molecule has 0 saturated heterocycles. The van der Waals surface area contributed by atoms with Crippen molar-refractivity contribution >= 4 is 34.3 Å². The number of nitrogen functional groups attached to an aromatic ring is 1. The van der Waals surface area contributed by atoms with Crippen LogP contribution in [0.3, 0.4) is 0 Å². The molecule has 0 unspecified atom stereocenters. The molecule has 0 spiro atoms. The molecule has 1 aromatic carbocycles. The van der Waals surface area contributed by atoms with Crippen LogP contribution in [-0.2, 0) is 27.5 Å². The van der Waals surface area contributed by atoms with Gasteiger partial charge in [0.2, 0.25) is 5.91 Å². The van der Waals surface area contributed by atoms with Gasteiger partial charge in [0.15, 0.2) is 5.13 Å². The number of para-hydroxylation sites is 1. The Morgan fingerprint density at radius 3 is 2.14 bits per heavy atom. The molecule has 0 radical (unpaired) electrons. The number of nitrogens with zero attached hydrogens (tertiary/aromatic N) is 2. The summed E-state index contributed by atoms with van der Waals surface area (Å²) in [6.07, 6.45) is -10.2. The van der Waals surface area contributed by atoms with Gasteiger partial charge in [-0.3, -0.25) is 9.69 Å². The molecule has 200 valence electrons. The average molecular weight is 546 g/mol. The van der Waals surface area contributed by atoms with Gasteiger partial charge in [0.1, 0.15) is 12.4 Å². The average Bonchev–Trinajstić information content (AvgIpc) is 3.07. The Balaban J connectivity index is 0.000000383. The summed E-state index contributed by atoms with van der Waals surface area (Å²) in [4.78, 5) is 36.1. The van der Waals surface area contributed by atoms with E-state index in [9.17, 15) is 31.1 Å². The number of alkyl halides is 6. The van der Waals surface area contributed by atoms with Crippen LogP contribution < -0.4 is 15.8 Å². The van der Waals surface area contributed by atoms with Gasteiger partial charge in [-0.2, -0.15) is 26.3 Å². The minimum absolute atomic E-state index is 0.0223. The third-order valence-corrected chi connectivity index (χ3v) is 4.64. The van der Waals surface area contributed by atoms with E-state index in [0.717, 1.165) is 23.6 Å². The number of nitrogens with one attached hydrogen (secondary N) is 1. The molecule has 2 heterocycles. The van der Waals surface area contributed by atoms with Crippen LogP contribution in [-0.4, -0.2) is 70.0 Å². The van der Waals surface area contributed by atoms with Crippen molar-refractivity contribution in [3.05, 3.63) is 40.9 Å². The molecule has 17 heteroatoms. The molecular formula is C19H20F6N4O6S. The maximum Gasteiger partial charge on any atom is 0.490 e. The Kier molecular flexibility index (Phi) is 11.4. The van der Waals surface area contributed by atoms with Crippen molar-refractivity contribution in [2.75, 3.05) is 25.4 Å². The summed E-state index contributed by atoms with van der Waals surface area (Å²) >= 11 is 1.38. The molecule has 5 N–H and O–H groups in total. The van der Waals surface area contributed by atoms with E-state index in [0.29, 0.717) is 31.4 Å². The summed E-state index contributed by atoms with van der Waals surface area (Å²) < 4.78 is 69.2. The number of aliphatic carboxylic acids is 2. The number of aromatic nitrogens is 1. The summed E-state index contributed by atoms with van der Waals surface area (Å²) in [6, 6.07) is 7.94. The van der Waals surface area contributed by atoms with Gasteiger partial charge in [-0.15, -0.1) is 11.3 Å². The maximum atomic E-state index is 12.1. The molecule has 0 saturated carbocycles. The molecule has 10 nitrogen and oxygen atoms in total. The van der Waals surface area contributed by atoms with Gasteiger partial charge >= 0.3 is 24.3 Å². The van der Waals surface area contributed by atoms with Crippen molar-refractivity contribution in [1.82, 2.24) is 15.2 Å². The number of carboxylic acid groups (broad SMARTS) is 2. The number of carbonyl (C=O) groups is 3. The number of halogens is 6. The van der Waals surface area contributed by atoms with E-state index in [1.165, 1.54) is 11.3 Å². The van der Waals surface area contributed by atoms with E-state index >= 15 is 0 Å². The van der Waals surface area contributed by atoms with Gasteiger partial charge in [-0.1, -0.05) is 18.2 Å². The molecule has 2 aromatic rings. The Labute approximate surface area is 203 Å². The molecule has 0 bridgehead atoms. The van der Waals surface area contributed by atoms with Crippen LogP contribution in [0.2, 0.25) is 0 Å². The Morgan fingerprint density at radius 2 is 1.64 bits per heavy atom. The summed E-state index contributed by atoms with van der Waals surface area (Å²) in [7, 11) is 0. The fraction of sp³-hybridized carbons (Fsp3) is 0.368. The number of hydrogen-bond donors (Lipinski definition) is 4. The second-order valence-electron chi connectivity index (χ2n) is 6.73. The first-order chi connectivity index (χ1) is 16.6. The normalized spacial score (nSPS) is 13.4. The number of anilines is 1. The smallest absolute Gasteiger partial charge is 0.490 e. The van der Waals surface area contributed by atoms with Gasteiger partial charge in [-0.05, 0) is 6.07 Å². The largest absolute Gasteiger partial charge is 0.492 e. The quantitative estimate of drug-likeness (QED) is 0.424. The minimum atomic E-state index is -5.08. The van der Waals surface area contributed by atoms with Crippen molar-refractivity contribution in [2.45, 2.75) is 25.4 Å². The number of hydrogen-bond acceptors (Lipinski definition) is 8.